The average molecular weight is 304 g/mol. The van der Waals surface area contributed by atoms with E-state index in [1.807, 2.05) is 12.4 Å². The summed E-state index contributed by atoms with van der Waals surface area (Å²) in [5.41, 5.74) is 2.59. The van der Waals surface area contributed by atoms with E-state index in [2.05, 4.69) is 54.4 Å². The molecule has 124 valence electrons. The van der Waals surface area contributed by atoms with Crippen LogP contribution < -0.4 is 10.6 Å². The van der Waals surface area contributed by atoms with Gasteiger partial charge in [-0.25, -0.2) is 0 Å². The maximum absolute atomic E-state index is 4.65. The minimum Gasteiger partial charge on any atom is -0.357 e. The first-order chi connectivity index (χ1) is 10.6. The van der Waals surface area contributed by atoms with Crippen molar-refractivity contribution in [3.05, 3.63) is 29.6 Å². The lowest BCUT2D eigenvalue weighted by Crippen LogP contribution is -2.38. The molecule has 0 radical (unpaired) electrons. The smallest absolute Gasteiger partial charge is 0.191 e. The van der Waals surface area contributed by atoms with E-state index in [0.717, 1.165) is 44.4 Å². The first-order valence-corrected chi connectivity index (χ1v) is 8.55. The topological polar surface area (TPSA) is 49.3 Å². The molecular weight excluding hydrogens is 272 g/mol. The highest BCUT2D eigenvalue weighted by molar-refractivity contribution is 5.79. The van der Waals surface area contributed by atoms with Crippen LogP contribution in [0.1, 0.15) is 51.2 Å². The van der Waals surface area contributed by atoms with Gasteiger partial charge in [-0.05, 0) is 49.8 Å². The fourth-order valence-electron chi connectivity index (χ4n) is 2.30. The lowest BCUT2D eigenvalue weighted by molar-refractivity contribution is 0.541. The van der Waals surface area contributed by atoms with Gasteiger partial charge in [0.15, 0.2) is 5.96 Å². The minimum atomic E-state index is 0.791. The van der Waals surface area contributed by atoms with Crippen molar-refractivity contribution in [3.8, 4) is 0 Å². The van der Waals surface area contributed by atoms with Crippen LogP contribution in [0, 0.1) is 12.8 Å². The fourth-order valence-corrected chi connectivity index (χ4v) is 2.30. The average Bonchev–Trinajstić information content (AvgIpc) is 2.48. The Labute approximate surface area is 135 Å². The number of aromatic nitrogens is 1. The van der Waals surface area contributed by atoms with E-state index in [1.54, 1.807) is 0 Å². The van der Waals surface area contributed by atoms with Crippen LogP contribution in [0.15, 0.2) is 23.5 Å². The summed E-state index contributed by atoms with van der Waals surface area (Å²) in [7, 11) is 0. The van der Waals surface area contributed by atoms with Gasteiger partial charge < -0.3 is 10.6 Å². The van der Waals surface area contributed by atoms with E-state index in [9.17, 15) is 0 Å². The zero-order valence-electron chi connectivity index (χ0n) is 14.7. The molecule has 0 spiro atoms. The summed E-state index contributed by atoms with van der Waals surface area (Å²) >= 11 is 0. The van der Waals surface area contributed by atoms with Crippen LogP contribution in [0.2, 0.25) is 0 Å². The zero-order valence-corrected chi connectivity index (χ0v) is 14.7. The molecule has 4 heteroatoms. The predicted octanol–water partition coefficient (Wildman–Crippen LogP) is 3.31. The van der Waals surface area contributed by atoms with Gasteiger partial charge in [-0.15, -0.1) is 0 Å². The number of nitrogens with one attached hydrogen (secondary N) is 2. The monoisotopic (exact) mass is 304 g/mol. The highest BCUT2D eigenvalue weighted by Gasteiger charge is 2.00. The first kappa shape index (κ1) is 18.5. The summed E-state index contributed by atoms with van der Waals surface area (Å²) in [6.45, 7) is 11.4. The molecule has 0 aliphatic heterocycles. The largest absolute Gasteiger partial charge is 0.357 e. The maximum Gasteiger partial charge on any atom is 0.191 e. The lowest BCUT2D eigenvalue weighted by atomic mass is 10.1. The second-order valence-corrected chi connectivity index (χ2v) is 6.13. The molecule has 0 saturated carbocycles. The SMILES string of the molecule is CCNC(=NCCCCC(C)C)NCCc1ccncc1C. The van der Waals surface area contributed by atoms with Gasteiger partial charge in [0.25, 0.3) is 0 Å². The summed E-state index contributed by atoms with van der Waals surface area (Å²) < 4.78 is 0. The quantitative estimate of drug-likeness (QED) is 0.418. The summed E-state index contributed by atoms with van der Waals surface area (Å²) in [5.74, 6) is 1.72. The molecule has 0 aliphatic carbocycles. The van der Waals surface area contributed by atoms with Gasteiger partial charge in [-0.3, -0.25) is 9.98 Å². The molecule has 0 atom stereocenters. The number of aliphatic imine (C=N–C) groups is 1. The number of pyridine rings is 1. The summed E-state index contributed by atoms with van der Waals surface area (Å²) in [6.07, 6.45) is 8.49. The molecule has 1 aromatic heterocycles. The van der Waals surface area contributed by atoms with Crippen molar-refractivity contribution in [2.45, 2.75) is 53.4 Å². The van der Waals surface area contributed by atoms with E-state index in [-0.39, 0.29) is 0 Å². The van der Waals surface area contributed by atoms with Crippen molar-refractivity contribution < 1.29 is 0 Å². The number of nitrogens with zero attached hydrogens (tertiary/aromatic N) is 2. The Hall–Kier alpha value is -1.58. The Kier molecular flexibility index (Phi) is 9.28. The number of hydrogen-bond acceptors (Lipinski definition) is 2. The van der Waals surface area contributed by atoms with Crippen LogP contribution in [-0.4, -0.2) is 30.6 Å². The molecule has 1 rings (SSSR count). The van der Waals surface area contributed by atoms with Gasteiger partial charge in [-0.2, -0.15) is 0 Å². The molecule has 0 saturated heterocycles. The van der Waals surface area contributed by atoms with Gasteiger partial charge in [0.2, 0.25) is 0 Å². The Bertz CT molecular complexity index is 440. The van der Waals surface area contributed by atoms with Crippen molar-refractivity contribution in [3.63, 3.8) is 0 Å². The third-order valence-electron chi connectivity index (χ3n) is 3.63. The third-order valence-corrected chi connectivity index (χ3v) is 3.63. The third kappa shape index (κ3) is 8.01. The maximum atomic E-state index is 4.65. The second-order valence-electron chi connectivity index (χ2n) is 6.13. The highest BCUT2D eigenvalue weighted by atomic mass is 15.2. The first-order valence-electron chi connectivity index (χ1n) is 8.55. The minimum absolute atomic E-state index is 0.791. The van der Waals surface area contributed by atoms with E-state index in [1.165, 1.54) is 24.0 Å². The Morgan fingerprint density at radius 1 is 1.27 bits per heavy atom. The molecular formula is C18H32N4. The van der Waals surface area contributed by atoms with E-state index < -0.39 is 0 Å². The van der Waals surface area contributed by atoms with Gasteiger partial charge >= 0.3 is 0 Å². The highest BCUT2D eigenvalue weighted by Crippen LogP contribution is 2.06. The normalized spacial score (nSPS) is 11.8. The van der Waals surface area contributed by atoms with Crippen LogP contribution >= 0.6 is 0 Å². The Morgan fingerprint density at radius 2 is 2.09 bits per heavy atom. The van der Waals surface area contributed by atoms with Gasteiger partial charge in [-0.1, -0.05) is 26.7 Å². The zero-order chi connectivity index (χ0) is 16.2. The van der Waals surface area contributed by atoms with Crippen molar-refractivity contribution in [1.82, 2.24) is 15.6 Å². The molecule has 22 heavy (non-hydrogen) atoms. The van der Waals surface area contributed by atoms with Crippen molar-refractivity contribution in [1.29, 1.82) is 0 Å². The van der Waals surface area contributed by atoms with Crippen molar-refractivity contribution >= 4 is 5.96 Å². The van der Waals surface area contributed by atoms with Crippen LogP contribution in [0.4, 0.5) is 0 Å². The van der Waals surface area contributed by atoms with E-state index >= 15 is 0 Å². The van der Waals surface area contributed by atoms with Crippen LogP contribution in [0.5, 0.6) is 0 Å². The predicted molar refractivity (Wildman–Crippen MR) is 95.3 cm³/mol. The number of unbranched alkanes of at least 4 members (excludes halogenated alkanes) is 1. The molecule has 0 unspecified atom stereocenters. The Morgan fingerprint density at radius 3 is 2.77 bits per heavy atom. The molecule has 2 N–H and O–H groups in total. The fraction of sp³-hybridized carbons (Fsp3) is 0.667. The molecule has 1 aromatic rings. The number of aryl methyl sites for hydroxylation is 1. The molecule has 1 heterocycles. The van der Waals surface area contributed by atoms with Gasteiger partial charge in [0.05, 0.1) is 0 Å². The molecule has 0 aromatic carbocycles. The standard InChI is InChI=1S/C18H32N4/c1-5-20-18(21-11-7-6-8-15(2)3)22-13-10-17-9-12-19-14-16(17)4/h9,12,14-15H,5-8,10-11,13H2,1-4H3,(H2,20,21,22). The Balaban J connectivity index is 2.32. The van der Waals surface area contributed by atoms with Crippen molar-refractivity contribution in [2.75, 3.05) is 19.6 Å². The lowest BCUT2D eigenvalue weighted by Gasteiger charge is -2.12. The van der Waals surface area contributed by atoms with Crippen molar-refractivity contribution in [2.24, 2.45) is 10.9 Å². The van der Waals surface area contributed by atoms with Gasteiger partial charge in [0, 0.05) is 32.0 Å². The molecule has 0 amide bonds. The van der Waals surface area contributed by atoms with Crippen LogP contribution in [0.25, 0.3) is 0 Å². The van der Waals surface area contributed by atoms with E-state index in [4.69, 9.17) is 0 Å². The van der Waals surface area contributed by atoms with Gasteiger partial charge in [0.1, 0.15) is 0 Å². The molecule has 0 bridgehead atoms. The number of rotatable bonds is 9. The number of hydrogen-bond donors (Lipinski definition) is 2. The van der Waals surface area contributed by atoms with E-state index in [0.29, 0.717) is 0 Å². The van der Waals surface area contributed by atoms with Crippen LogP contribution in [-0.2, 0) is 6.42 Å². The second kappa shape index (κ2) is 11.0. The number of guanidine groups is 1. The molecule has 4 nitrogen and oxygen atoms in total. The summed E-state index contributed by atoms with van der Waals surface area (Å²) in [4.78, 5) is 8.78. The molecule has 0 fully saturated rings. The molecule has 0 aliphatic rings. The summed E-state index contributed by atoms with van der Waals surface area (Å²) in [6, 6.07) is 2.09. The van der Waals surface area contributed by atoms with Crippen LogP contribution in [0.3, 0.4) is 0 Å². The summed E-state index contributed by atoms with van der Waals surface area (Å²) in [5, 5.41) is 6.72.